The predicted octanol–water partition coefficient (Wildman–Crippen LogP) is 4.80. The van der Waals surface area contributed by atoms with Crippen LogP contribution in [0.1, 0.15) is 104 Å². The van der Waals surface area contributed by atoms with E-state index in [9.17, 15) is 36.7 Å². The van der Waals surface area contributed by atoms with E-state index in [1.54, 1.807) is 9.80 Å². The molecule has 9 fully saturated rings. The number of rotatable bonds is 8. The van der Waals surface area contributed by atoms with Crippen LogP contribution in [0.2, 0.25) is 0 Å². The van der Waals surface area contributed by atoms with Gasteiger partial charge in [0.1, 0.15) is 6.04 Å². The lowest BCUT2D eigenvalue weighted by atomic mass is 9.64. The van der Waals surface area contributed by atoms with Gasteiger partial charge in [-0.05, 0) is 128 Å². The summed E-state index contributed by atoms with van der Waals surface area (Å²) < 4.78 is 75.6. The van der Waals surface area contributed by atoms with Crippen LogP contribution in [0.15, 0.2) is 0 Å². The van der Waals surface area contributed by atoms with E-state index >= 15 is 0 Å². The average Bonchev–Trinajstić information content (AvgIpc) is 4.10. The molecule has 15 nitrogen and oxygen atoms in total. The average molecular weight is 916 g/mol. The van der Waals surface area contributed by atoms with E-state index in [2.05, 4.69) is 9.80 Å². The molecule has 2 aliphatic carbocycles. The van der Waals surface area contributed by atoms with Gasteiger partial charge in [-0.3, -0.25) is 19.4 Å². The molecule has 2 saturated carbocycles. The van der Waals surface area contributed by atoms with Crippen molar-refractivity contribution in [1.29, 1.82) is 0 Å². The highest BCUT2D eigenvalue weighted by atomic mass is 19.3. The number of primary amides is 1. The fourth-order valence-electron chi connectivity index (χ4n) is 12.4. The van der Waals surface area contributed by atoms with Gasteiger partial charge in [-0.25, -0.2) is 27.2 Å². The number of amides is 3. The predicted molar refractivity (Wildman–Crippen MR) is 228 cm³/mol. The lowest BCUT2D eigenvalue weighted by molar-refractivity contribution is -0.147. The van der Waals surface area contributed by atoms with Crippen LogP contribution in [0.4, 0.5) is 27.2 Å². The number of alkyl halides is 4. The molecule has 2 N–H and O–H groups in total. The second-order valence-electron chi connectivity index (χ2n) is 20.1. The molecule has 7 heterocycles. The quantitative estimate of drug-likeness (QED) is 0.203. The van der Waals surface area contributed by atoms with Crippen molar-refractivity contribution < 1.29 is 55.7 Å². The van der Waals surface area contributed by atoms with Gasteiger partial charge in [0, 0.05) is 76.4 Å². The van der Waals surface area contributed by atoms with Crippen LogP contribution in [-0.4, -0.2) is 201 Å². The molecule has 2 spiro atoms. The van der Waals surface area contributed by atoms with Crippen LogP contribution in [0.5, 0.6) is 0 Å². The minimum atomic E-state index is -2.83. The Balaban J connectivity index is 0.000000172. The first-order chi connectivity index (χ1) is 30.5. The number of halogens is 4. The highest BCUT2D eigenvalue weighted by Crippen LogP contribution is 2.52. The van der Waals surface area contributed by atoms with E-state index in [-0.39, 0.29) is 48.2 Å². The maximum Gasteiger partial charge on any atom is 0.409 e. The number of carbonyl (C=O) groups excluding carboxylic acids is 4. The molecule has 0 aromatic rings. The molecule has 364 valence electrons. The van der Waals surface area contributed by atoms with Crippen molar-refractivity contribution in [2.45, 2.75) is 152 Å². The molecule has 7 saturated heterocycles. The van der Waals surface area contributed by atoms with E-state index in [1.807, 2.05) is 23.6 Å². The molecule has 9 rings (SSSR count). The summed E-state index contributed by atoms with van der Waals surface area (Å²) in [6.45, 7) is 12.3. The summed E-state index contributed by atoms with van der Waals surface area (Å²) in [5.74, 6) is -6.85. The zero-order valence-electron chi connectivity index (χ0n) is 38.3. The summed E-state index contributed by atoms with van der Waals surface area (Å²) in [4.78, 5) is 59.4. The van der Waals surface area contributed by atoms with Gasteiger partial charge in [-0.1, -0.05) is 0 Å². The number of methoxy groups -OCH3 is 1. The lowest BCUT2D eigenvalue weighted by Gasteiger charge is -2.52. The summed E-state index contributed by atoms with van der Waals surface area (Å²) in [7, 11) is 1.26. The number of esters is 1. The van der Waals surface area contributed by atoms with Crippen molar-refractivity contribution in [3.8, 4) is 0 Å². The summed E-state index contributed by atoms with van der Waals surface area (Å²) in [6.07, 6.45) is 10.8. The van der Waals surface area contributed by atoms with Gasteiger partial charge in [-0.15, -0.1) is 0 Å². The normalized spacial score (nSPS) is 34.4. The molecule has 0 unspecified atom stereocenters. The van der Waals surface area contributed by atoms with E-state index in [4.69, 9.17) is 24.7 Å². The Kier molecular flexibility index (Phi) is 15.7. The number of hydrogen-bond donors (Lipinski definition) is 1. The number of nitrogens with two attached hydrogens (primary N) is 1. The second kappa shape index (κ2) is 20.5. The van der Waals surface area contributed by atoms with Crippen LogP contribution in [0.25, 0.3) is 0 Å². The molecule has 7 aliphatic heterocycles. The minimum Gasteiger partial charge on any atom is -0.468 e. The van der Waals surface area contributed by atoms with Crippen molar-refractivity contribution in [1.82, 2.24) is 29.4 Å². The highest BCUT2D eigenvalue weighted by molar-refractivity contribution is 5.80. The largest absolute Gasteiger partial charge is 0.468 e. The minimum absolute atomic E-state index is 0.00134. The number of hydrogen-bond acceptors (Lipinski definition) is 12. The summed E-state index contributed by atoms with van der Waals surface area (Å²) >= 11 is 0. The third-order valence-corrected chi connectivity index (χ3v) is 15.8. The molecule has 19 heteroatoms. The van der Waals surface area contributed by atoms with Crippen LogP contribution in [0.3, 0.4) is 0 Å². The third kappa shape index (κ3) is 11.4. The van der Waals surface area contributed by atoms with E-state index < -0.39 is 48.6 Å². The second-order valence-corrected chi connectivity index (χ2v) is 20.1. The Morgan fingerprint density at radius 1 is 0.594 bits per heavy atom. The molecule has 9 aliphatic rings. The molecule has 0 radical (unpaired) electrons. The van der Waals surface area contributed by atoms with Gasteiger partial charge in [-0.2, -0.15) is 0 Å². The van der Waals surface area contributed by atoms with Gasteiger partial charge < -0.3 is 44.3 Å². The summed E-state index contributed by atoms with van der Waals surface area (Å²) in [5.41, 5.74) is 5.83. The van der Waals surface area contributed by atoms with Crippen LogP contribution < -0.4 is 5.73 Å². The Morgan fingerprint density at radius 3 is 1.36 bits per heavy atom. The summed E-state index contributed by atoms with van der Waals surface area (Å²) in [5, 5.41) is 0. The topological polar surface area (TPSA) is 151 Å². The van der Waals surface area contributed by atoms with E-state index in [1.165, 1.54) is 20.0 Å². The standard InChI is InChI=1S/C21H33F2N3O4.C20H32F2N4O3.C4H8O/c1-3-30-19(28)25-9-6-20(13-25)10-16(11-20)24-7-4-15(5-8-24)26-14-21(22,23)12-17(26)18(27)29-2;1-2-29-18(28)25-8-5-19(12-25)9-15(10-19)24-6-3-14(4-7-24)26-13-20(21,22)11-16(26)17(23)27;1-2-4-5-3-1/h15-17H,3-14H2,1-2H3;14-16H,2-13H2,1H3,(H2,23,27);1-4H2/t16?,17-,20?;15?,16-,19?;/m11./s1. The number of carbonyl (C=O) groups is 4. The molecule has 0 aromatic heterocycles. The SMILES string of the molecule is C1CCOC1.CCOC(=O)N1CCC2(CC(N3CCC(N4CC(F)(F)C[C@@H]4C(=O)OC)CC3)C2)C1.CCOC(=O)N1CCC2(CC(N3CCC(N4CC(F)(F)C[C@@H]4C(N)=O)CC3)C2)C1. The number of piperidine rings is 2. The number of nitrogens with zero attached hydrogens (tertiary/aromatic N) is 6. The zero-order chi connectivity index (χ0) is 45.9. The maximum absolute atomic E-state index is 14.0. The molecule has 2 atom stereocenters. The van der Waals surface area contributed by atoms with Crippen molar-refractivity contribution in [2.75, 3.05) is 99.0 Å². The van der Waals surface area contributed by atoms with Gasteiger partial charge >= 0.3 is 18.2 Å². The first-order valence-electron chi connectivity index (χ1n) is 24.0. The van der Waals surface area contributed by atoms with Crippen molar-refractivity contribution in [3.63, 3.8) is 0 Å². The van der Waals surface area contributed by atoms with E-state index in [0.717, 1.165) is 130 Å². The molecule has 0 bridgehead atoms. The van der Waals surface area contributed by atoms with Gasteiger partial charge in [0.15, 0.2) is 0 Å². The van der Waals surface area contributed by atoms with Gasteiger partial charge in [0.25, 0.3) is 11.8 Å². The van der Waals surface area contributed by atoms with Crippen molar-refractivity contribution >= 4 is 24.1 Å². The zero-order valence-corrected chi connectivity index (χ0v) is 38.3. The molecule has 0 aromatic carbocycles. The fraction of sp³-hybridized carbons (Fsp3) is 0.911. The lowest BCUT2D eigenvalue weighted by Crippen LogP contribution is -2.57. The Morgan fingerprint density at radius 2 is 1.00 bits per heavy atom. The smallest absolute Gasteiger partial charge is 0.409 e. The summed E-state index contributed by atoms with van der Waals surface area (Å²) in [6, 6.07) is -0.674. The van der Waals surface area contributed by atoms with Crippen molar-refractivity contribution in [3.05, 3.63) is 0 Å². The van der Waals surface area contributed by atoms with Gasteiger partial charge in [0.05, 0.1) is 39.5 Å². The number of ether oxygens (including phenoxy) is 4. The van der Waals surface area contributed by atoms with Crippen molar-refractivity contribution in [2.24, 2.45) is 16.6 Å². The Bertz CT molecular complexity index is 1610. The molecule has 3 amide bonds. The van der Waals surface area contributed by atoms with Gasteiger partial charge in [0.2, 0.25) is 5.91 Å². The first-order valence-corrected chi connectivity index (χ1v) is 24.0. The van der Waals surface area contributed by atoms with E-state index in [0.29, 0.717) is 25.3 Å². The van der Waals surface area contributed by atoms with Crippen LogP contribution >= 0.6 is 0 Å². The first kappa shape index (κ1) is 48.9. The molecular weight excluding hydrogens is 843 g/mol. The monoisotopic (exact) mass is 916 g/mol. The Labute approximate surface area is 375 Å². The number of likely N-dealkylation sites (tertiary alicyclic amines) is 6. The van der Waals surface area contributed by atoms with Crippen LogP contribution in [-0.2, 0) is 28.5 Å². The highest BCUT2D eigenvalue weighted by Gasteiger charge is 2.55. The molecule has 64 heavy (non-hydrogen) atoms. The van der Waals surface area contributed by atoms with Crippen LogP contribution in [0, 0.1) is 10.8 Å². The fourth-order valence-corrected chi connectivity index (χ4v) is 12.4. The third-order valence-electron chi connectivity index (χ3n) is 15.8. The maximum atomic E-state index is 14.0. The molecular formula is C45H73F4N7O8. The Hall–Kier alpha value is -3.00.